The summed E-state index contributed by atoms with van der Waals surface area (Å²) in [6.07, 6.45) is 73.2. The van der Waals surface area contributed by atoms with E-state index < -0.39 is 6.10 Å². The average molecular weight is 964 g/mol. The molecule has 0 aliphatic heterocycles. The number of esters is 3. The maximum Gasteiger partial charge on any atom is 0.306 e. The van der Waals surface area contributed by atoms with Crippen molar-refractivity contribution in [3.63, 3.8) is 0 Å². The Labute approximate surface area is 427 Å². The molecule has 6 heteroatoms. The highest BCUT2D eigenvalue weighted by molar-refractivity contribution is 5.71. The molecule has 0 saturated heterocycles. The third-order valence-electron chi connectivity index (χ3n) is 12.7. The Morgan fingerprint density at radius 3 is 0.913 bits per heavy atom. The third kappa shape index (κ3) is 55.6. The van der Waals surface area contributed by atoms with Gasteiger partial charge in [0, 0.05) is 19.3 Å². The van der Waals surface area contributed by atoms with Crippen molar-refractivity contribution in [2.45, 2.75) is 297 Å². The van der Waals surface area contributed by atoms with Gasteiger partial charge >= 0.3 is 17.9 Å². The maximum absolute atomic E-state index is 12.9. The Morgan fingerprint density at radius 1 is 0.304 bits per heavy atom. The second kappa shape index (κ2) is 57.4. The fourth-order valence-corrected chi connectivity index (χ4v) is 8.25. The minimum absolute atomic E-state index is 0.0830. The monoisotopic (exact) mass is 963 g/mol. The van der Waals surface area contributed by atoms with Crippen molar-refractivity contribution in [3.05, 3.63) is 72.9 Å². The average Bonchev–Trinajstić information content (AvgIpc) is 3.35. The van der Waals surface area contributed by atoms with E-state index in [-0.39, 0.29) is 31.1 Å². The molecule has 0 aliphatic carbocycles. The molecule has 0 aromatic carbocycles. The Morgan fingerprint density at radius 2 is 0.565 bits per heavy atom. The quantitative estimate of drug-likeness (QED) is 0.0262. The summed E-state index contributed by atoms with van der Waals surface area (Å²) >= 11 is 0. The molecule has 0 aliphatic rings. The van der Waals surface area contributed by atoms with Gasteiger partial charge < -0.3 is 14.2 Å². The van der Waals surface area contributed by atoms with Gasteiger partial charge in [0.1, 0.15) is 13.2 Å². The van der Waals surface area contributed by atoms with Gasteiger partial charge in [-0.25, -0.2) is 0 Å². The standard InChI is InChI=1S/C63H110O6/c1-4-7-10-13-16-19-22-25-27-29-30-31-32-34-35-38-41-44-47-50-53-56-62(65)68-59-60(58-67-61(64)55-52-49-46-43-40-37-24-21-18-15-12-9-6-3)69-63(66)57-54-51-48-45-42-39-36-33-28-26-23-20-17-14-11-8-5-2/h7,10,16,19,21,24-28,30-31,60H,4-6,8-9,11-15,17-18,20,22-23,29,32-59H2,1-3H3/b10-7-,19-16-,24-21-,27-25-,28-26-,31-30-. The first kappa shape index (κ1) is 65.8. The molecule has 6 nitrogen and oxygen atoms in total. The molecule has 0 spiro atoms. The van der Waals surface area contributed by atoms with Crippen LogP contribution >= 0.6 is 0 Å². The molecule has 0 rings (SSSR count). The number of carbonyl (C=O) groups is 3. The summed E-state index contributed by atoms with van der Waals surface area (Å²) in [5.74, 6) is -0.894. The molecule has 398 valence electrons. The summed E-state index contributed by atoms with van der Waals surface area (Å²) in [6.45, 7) is 6.51. The lowest BCUT2D eigenvalue weighted by atomic mass is 10.1. The second-order valence-electron chi connectivity index (χ2n) is 19.5. The minimum Gasteiger partial charge on any atom is -0.462 e. The Bertz CT molecular complexity index is 1290. The van der Waals surface area contributed by atoms with Gasteiger partial charge in [0.15, 0.2) is 6.10 Å². The SMILES string of the molecule is CC/C=C\C/C=C\C/C=C\C/C=C\CCCCCCCCCCC(=O)OCC(COC(=O)CCCCCCC/C=C\CCCCCC)OC(=O)CCCCCCCCC/C=C\CCCCCCCC. The lowest BCUT2D eigenvalue weighted by molar-refractivity contribution is -0.167. The molecular weight excluding hydrogens is 853 g/mol. The van der Waals surface area contributed by atoms with E-state index in [1.165, 1.54) is 154 Å². The van der Waals surface area contributed by atoms with Gasteiger partial charge in [0.05, 0.1) is 0 Å². The van der Waals surface area contributed by atoms with Crippen molar-refractivity contribution < 1.29 is 28.6 Å². The Hall–Kier alpha value is -3.15. The summed E-state index contributed by atoms with van der Waals surface area (Å²) in [5, 5.41) is 0. The summed E-state index contributed by atoms with van der Waals surface area (Å²) in [4.78, 5) is 38.2. The van der Waals surface area contributed by atoms with Gasteiger partial charge in [-0.2, -0.15) is 0 Å². The molecule has 0 fully saturated rings. The Balaban J connectivity index is 4.37. The number of hydrogen-bond donors (Lipinski definition) is 0. The zero-order valence-electron chi connectivity index (χ0n) is 45.6. The summed E-state index contributed by atoms with van der Waals surface area (Å²) in [5.41, 5.74) is 0. The van der Waals surface area contributed by atoms with Gasteiger partial charge in [-0.05, 0) is 109 Å². The van der Waals surface area contributed by atoms with E-state index in [1.54, 1.807) is 0 Å². The molecule has 0 aromatic heterocycles. The van der Waals surface area contributed by atoms with Crippen LogP contribution in [0.3, 0.4) is 0 Å². The smallest absolute Gasteiger partial charge is 0.306 e. The van der Waals surface area contributed by atoms with Crippen LogP contribution in [0.15, 0.2) is 72.9 Å². The van der Waals surface area contributed by atoms with Crippen molar-refractivity contribution in [1.82, 2.24) is 0 Å². The lowest BCUT2D eigenvalue weighted by Crippen LogP contribution is -2.30. The van der Waals surface area contributed by atoms with Crippen LogP contribution in [0.25, 0.3) is 0 Å². The van der Waals surface area contributed by atoms with Crippen LogP contribution in [0.5, 0.6) is 0 Å². The molecular formula is C63H110O6. The number of unbranched alkanes of at least 4 members (excludes halogenated alkanes) is 30. The Kier molecular flexibility index (Phi) is 54.8. The largest absolute Gasteiger partial charge is 0.462 e. The molecule has 0 heterocycles. The van der Waals surface area contributed by atoms with E-state index in [9.17, 15) is 14.4 Å². The second-order valence-corrected chi connectivity index (χ2v) is 19.5. The first-order chi connectivity index (χ1) is 34.0. The number of hydrogen-bond acceptors (Lipinski definition) is 6. The van der Waals surface area contributed by atoms with Crippen LogP contribution in [0.1, 0.15) is 290 Å². The van der Waals surface area contributed by atoms with E-state index in [4.69, 9.17) is 14.2 Å². The van der Waals surface area contributed by atoms with Gasteiger partial charge in [0.2, 0.25) is 0 Å². The van der Waals surface area contributed by atoms with Crippen LogP contribution in [0, 0.1) is 0 Å². The minimum atomic E-state index is -0.784. The van der Waals surface area contributed by atoms with E-state index in [2.05, 4.69) is 93.7 Å². The van der Waals surface area contributed by atoms with Gasteiger partial charge in [-0.15, -0.1) is 0 Å². The van der Waals surface area contributed by atoms with Crippen molar-refractivity contribution in [2.75, 3.05) is 13.2 Å². The van der Waals surface area contributed by atoms with Crippen LogP contribution in [0.4, 0.5) is 0 Å². The van der Waals surface area contributed by atoms with Crippen molar-refractivity contribution in [2.24, 2.45) is 0 Å². The highest BCUT2D eigenvalue weighted by Gasteiger charge is 2.19. The molecule has 0 aromatic rings. The van der Waals surface area contributed by atoms with Crippen LogP contribution < -0.4 is 0 Å². The topological polar surface area (TPSA) is 78.9 Å². The molecule has 0 N–H and O–H groups in total. The maximum atomic E-state index is 12.9. The summed E-state index contributed by atoms with van der Waals surface area (Å²) < 4.78 is 16.9. The highest BCUT2D eigenvalue weighted by atomic mass is 16.6. The van der Waals surface area contributed by atoms with Crippen molar-refractivity contribution in [1.29, 1.82) is 0 Å². The van der Waals surface area contributed by atoms with Crippen molar-refractivity contribution in [3.8, 4) is 0 Å². The number of carbonyl (C=O) groups excluding carboxylic acids is 3. The molecule has 1 atom stereocenters. The van der Waals surface area contributed by atoms with Crippen LogP contribution in [0.2, 0.25) is 0 Å². The number of allylic oxidation sites excluding steroid dienone is 12. The molecule has 69 heavy (non-hydrogen) atoms. The third-order valence-corrected chi connectivity index (χ3v) is 12.7. The van der Waals surface area contributed by atoms with Crippen LogP contribution in [-0.4, -0.2) is 37.2 Å². The molecule has 1 unspecified atom stereocenters. The van der Waals surface area contributed by atoms with Gasteiger partial charge in [-0.3, -0.25) is 14.4 Å². The van der Waals surface area contributed by atoms with E-state index in [1.807, 2.05) is 0 Å². The zero-order valence-corrected chi connectivity index (χ0v) is 45.6. The number of ether oxygens (including phenoxy) is 3. The van der Waals surface area contributed by atoms with E-state index >= 15 is 0 Å². The first-order valence-corrected chi connectivity index (χ1v) is 29.4. The zero-order chi connectivity index (χ0) is 50.0. The van der Waals surface area contributed by atoms with E-state index in [0.29, 0.717) is 19.3 Å². The predicted molar refractivity (Wildman–Crippen MR) is 298 cm³/mol. The molecule has 0 saturated carbocycles. The van der Waals surface area contributed by atoms with Crippen molar-refractivity contribution >= 4 is 17.9 Å². The van der Waals surface area contributed by atoms with Gasteiger partial charge in [-0.1, -0.05) is 235 Å². The molecule has 0 radical (unpaired) electrons. The molecule has 0 amide bonds. The van der Waals surface area contributed by atoms with E-state index in [0.717, 1.165) is 96.3 Å². The number of rotatable bonds is 53. The fraction of sp³-hybridized carbons (Fsp3) is 0.762. The lowest BCUT2D eigenvalue weighted by Gasteiger charge is -2.18. The first-order valence-electron chi connectivity index (χ1n) is 29.4. The molecule has 0 bridgehead atoms. The predicted octanol–water partition coefficient (Wildman–Crippen LogP) is 19.8. The fourth-order valence-electron chi connectivity index (χ4n) is 8.25. The summed E-state index contributed by atoms with van der Waals surface area (Å²) in [7, 11) is 0. The van der Waals surface area contributed by atoms with Crippen LogP contribution in [-0.2, 0) is 28.6 Å². The normalized spacial score (nSPS) is 12.6. The van der Waals surface area contributed by atoms with Gasteiger partial charge in [0.25, 0.3) is 0 Å². The highest BCUT2D eigenvalue weighted by Crippen LogP contribution is 2.15. The summed E-state index contributed by atoms with van der Waals surface area (Å²) in [6, 6.07) is 0.